The van der Waals surface area contributed by atoms with Crippen LogP contribution in [0.5, 0.6) is 0 Å². The van der Waals surface area contributed by atoms with Gasteiger partial charge in [-0.3, -0.25) is 24.0 Å². The van der Waals surface area contributed by atoms with E-state index >= 15 is 0 Å². The van der Waals surface area contributed by atoms with Gasteiger partial charge >= 0.3 is 23.9 Å². The minimum absolute atomic E-state index is 0.117. The molecule has 0 amide bonds. The van der Waals surface area contributed by atoms with Gasteiger partial charge in [-0.25, -0.2) is 0 Å². The fourth-order valence-corrected chi connectivity index (χ4v) is 4.17. The van der Waals surface area contributed by atoms with Gasteiger partial charge in [0, 0.05) is 0 Å². The van der Waals surface area contributed by atoms with Crippen molar-refractivity contribution in [1.29, 1.82) is 0 Å². The fraction of sp³-hybridized carbons (Fsp3) is 0.828. The first kappa shape index (κ1) is 35.5. The van der Waals surface area contributed by atoms with Gasteiger partial charge in [-0.1, -0.05) is 25.7 Å². The largest absolute Gasteiger partial charge is 0.466 e. The van der Waals surface area contributed by atoms with Crippen molar-refractivity contribution in [2.24, 2.45) is 22.7 Å². The third-order valence-electron chi connectivity index (χ3n) is 6.57. The highest BCUT2D eigenvalue weighted by molar-refractivity contribution is 6.08. The van der Waals surface area contributed by atoms with Crippen molar-refractivity contribution in [3.63, 3.8) is 0 Å². The molecule has 0 aliphatic rings. The van der Waals surface area contributed by atoms with E-state index < -0.39 is 40.4 Å². The molecule has 2 unspecified atom stereocenters. The molecular formula is C29H50O9. The predicted molar refractivity (Wildman–Crippen MR) is 143 cm³/mol. The molecule has 2 atom stereocenters. The van der Waals surface area contributed by atoms with Crippen LogP contribution in [0.4, 0.5) is 0 Å². The van der Waals surface area contributed by atoms with Gasteiger partial charge in [-0.15, -0.1) is 0 Å². The van der Waals surface area contributed by atoms with Gasteiger partial charge in [-0.2, -0.15) is 0 Å². The zero-order chi connectivity index (χ0) is 29.4. The molecule has 0 aromatic heterocycles. The van der Waals surface area contributed by atoms with E-state index in [0.29, 0.717) is 51.7 Å². The number of ether oxygens (including phenoxy) is 4. The number of hydrogen-bond donors (Lipinski definition) is 0. The molecule has 0 rings (SSSR count). The maximum absolute atomic E-state index is 13.5. The van der Waals surface area contributed by atoms with E-state index in [1.165, 1.54) is 0 Å². The normalized spacial score (nSPS) is 13.3. The minimum atomic E-state index is -1.09. The zero-order valence-corrected chi connectivity index (χ0v) is 24.8. The maximum atomic E-state index is 13.5. The Hall–Kier alpha value is -2.45. The lowest BCUT2D eigenvalue weighted by Gasteiger charge is -2.24. The van der Waals surface area contributed by atoms with Crippen molar-refractivity contribution in [3.05, 3.63) is 0 Å². The van der Waals surface area contributed by atoms with E-state index in [1.54, 1.807) is 55.4 Å². The van der Waals surface area contributed by atoms with E-state index in [2.05, 4.69) is 0 Å². The predicted octanol–water partition coefficient (Wildman–Crippen LogP) is 5.21. The number of Topliss-reactive ketones (excluding diaryl/α,β-unsaturated/α-hetero) is 1. The Kier molecular flexibility index (Phi) is 16.8. The van der Waals surface area contributed by atoms with Crippen LogP contribution in [0.1, 0.15) is 107 Å². The van der Waals surface area contributed by atoms with E-state index in [9.17, 15) is 24.0 Å². The van der Waals surface area contributed by atoms with Crippen LogP contribution in [-0.4, -0.2) is 56.1 Å². The van der Waals surface area contributed by atoms with E-state index in [0.717, 1.165) is 0 Å². The third kappa shape index (κ3) is 12.4. The van der Waals surface area contributed by atoms with Crippen LogP contribution in [0.3, 0.4) is 0 Å². The van der Waals surface area contributed by atoms with Crippen molar-refractivity contribution in [1.82, 2.24) is 0 Å². The van der Waals surface area contributed by atoms with Crippen molar-refractivity contribution in [3.8, 4) is 0 Å². The molecule has 9 nitrogen and oxygen atoms in total. The van der Waals surface area contributed by atoms with Crippen LogP contribution in [0.2, 0.25) is 0 Å². The van der Waals surface area contributed by atoms with Crippen LogP contribution in [-0.2, 0) is 42.9 Å². The van der Waals surface area contributed by atoms with Crippen molar-refractivity contribution in [2.75, 3.05) is 26.4 Å². The van der Waals surface area contributed by atoms with Gasteiger partial charge in [0.2, 0.25) is 0 Å². The van der Waals surface area contributed by atoms with Crippen LogP contribution in [0.25, 0.3) is 0 Å². The van der Waals surface area contributed by atoms with E-state index in [-0.39, 0.29) is 38.0 Å². The van der Waals surface area contributed by atoms with E-state index in [1.807, 2.05) is 0 Å². The summed E-state index contributed by atoms with van der Waals surface area (Å²) >= 11 is 0. The molecule has 0 aliphatic carbocycles. The van der Waals surface area contributed by atoms with E-state index in [4.69, 9.17) is 18.9 Å². The number of esters is 4. The summed E-state index contributed by atoms with van der Waals surface area (Å²) in [6, 6.07) is 0. The Morgan fingerprint density at radius 2 is 0.842 bits per heavy atom. The lowest BCUT2D eigenvalue weighted by Crippen LogP contribution is -2.36. The fourth-order valence-electron chi connectivity index (χ4n) is 4.17. The SMILES string of the molecule is CCOC(=O)C(CCCCC(C)(C)C(=O)OCC)C(=O)C(CCCCC(C)(C)C(=O)OCC)C(=O)OCC. The molecule has 0 aromatic rings. The van der Waals surface area contributed by atoms with Gasteiger partial charge in [0.25, 0.3) is 0 Å². The van der Waals surface area contributed by atoms with Gasteiger partial charge < -0.3 is 18.9 Å². The number of unbranched alkanes of at least 4 members (excludes halogenated alkanes) is 2. The highest BCUT2D eigenvalue weighted by atomic mass is 16.5. The first-order valence-electron chi connectivity index (χ1n) is 14.0. The minimum Gasteiger partial charge on any atom is -0.466 e. The Balaban J connectivity index is 5.37. The summed E-state index contributed by atoms with van der Waals surface area (Å²) in [7, 11) is 0. The summed E-state index contributed by atoms with van der Waals surface area (Å²) in [6.07, 6.45) is 3.69. The number of carbonyl (C=O) groups excluding carboxylic acids is 5. The van der Waals surface area contributed by atoms with Crippen molar-refractivity contribution in [2.45, 2.75) is 107 Å². The standard InChI is InChI=1S/C29H50O9/c1-9-35-24(31)21(17-13-15-19-28(5,6)26(33)37-11-3)23(30)22(25(32)36-10-2)18-14-16-20-29(7,8)27(34)38-12-4/h21-22H,9-20H2,1-8H3. The van der Waals surface area contributed by atoms with Gasteiger partial charge in [0.05, 0.1) is 37.3 Å². The Bertz CT molecular complexity index is 708. The van der Waals surface area contributed by atoms with Crippen LogP contribution in [0.15, 0.2) is 0 Å². The topological polar surface area (TPSA) is 122 Å². The Morgan fingerprint density at radius 1 is 0.526 bits per heavy atom. The monoisotopic (exact) mass is 542 g/mol. The molecule has 0 fully saturated rings. The summed E-state index contributed by atoms with van der Waals surface area (Å²) in [5.41, 5.74) is -1.35. The quantitative estimate of drug-likeness (QED) is 0.0882. The van der Waals surface area contributed by atoms with Gasteiger partial charge in [-0.05, 0) is 81.1 Å². The molecular weight excluding hydrogens is 492 g/mol. The average molecular weight is 543 g/mol. The molecule has 0 heterocycles. The summed E-state index contributed by atoms with van der Waals surface area (Å²) in [5.74, 6) is -4.56. The first-order chi connectivity index (χ1) is 17.8. The molecule has 220 valence electrons. The third-order valence-corrected chi connectivity index (χ3v) is 6.57. The van der Waals surface area contributed by atoms with Crippen LogP contribution < -0.4 is 0 Å². The molecule has 38 heavy (non-hydrogen) atoms. The van der Waals surface area contributed by atoms with Crippen molar-refractivity contribution < 1.29 is 42.9 Å². The highest BCUT2D eigenvalue weighted by Crippen LogP contribution is 2.29. The van der Waals surface area contributed by atoms with Gasteiger partial charge in [0.1, 0.15) is 11.8 Å². The summed E-state index contributed by atoms with van der Waals surface area (Å²) < 4.78 is 20.6. The second-order valence-electron chi connectivity index (χ2n) is 10.7. The lowest BCUT2D eigenvalue weighted by atomic mass is 9.82. The second kappa shape index (κ2) is 17.9. The summed E-state index contributed by atoms with van der Waals surface area (Å²) in [6.45, 7) is 14.9. The highest BCUT2D eigenvalue weighted by Gasteiger charge is 2.38. The lowest BCUT2D eigenvalue weighted by molar-refractivity contribution is -0.159. The summed E-state index contributed by atoms with van der Waals surface area (Å²) in [4.78, 5) is 63.3. The Labute approximate surface area is 228 Å². The number of carbonyl (C=O) groups is 5. The average Bonchev–Trinajstić information content (AvgIpc) is 2.84. The smallest absolute Gasteiger partial charge is 0.316 e. The second-order valence-corrected chi connectivity index (χ2v) is 10.7. The molecule has 0 aliphatic heterocycles. The first-order valence-corrected chi connectivity index (χ1v) is 14.0. The Morgan fingerprint density at radius 3 is 1.13 bits per heavy atom. The zero-order valence-electron chi connectivity index (χ0n) is 24.8. The number of rotatable bonds is 20. The molecule has 0 saturated heterocycles. The number of hydrogen-bond acceptors (Lipinski definition) is 9. The summed E-state index contributed by atoms with van der Waals surface area (Å²) in [5, 5.41) is 0. The molecule has 0 bridgehead atoms. The van der Waals surface area contributed by atoms with Crippen molar-refractivity contribution >= 4 is 29.7 Å². The van der Waals surface area contributed by atoms with Crippen LogP contribution >= 0.6 is 0 Å². The molecule has 0 N–H and O–H groups in total. The molecule has 9 heteroatoms. The molecule has 0 aromatic carbocycles. The molecule has 0 saturated carbocycles. The van der Waals surface area contributed by atoms with Crippen LogP contribution in [0, 0.1) is 22.7 Å². The molecule has 0 spiro atoms. The van der Waals surface area contributed by atoms with Gasteiger partial charge in [0.15, 0.2) is 5.78 Å². The maximum Gasteiger partial charge on any atom is 0.316 e. The molecule has 0 radical (unpaired) electrons. The number of ketones is 1.